The van der Waals surface area contributed by atoms with Crippen LogP contribution < -0.4 is 0 Å². The first-order valence-corrected chi connectivity index (χ1v) is 18.4. The molecule has 0 aliphatic carbocycles. The fourth-order valence-electron chi connectivity index (χ4n) is 7.45. The third-order valence-electron chi connectivity index (χ3n) is 10.2. The molecule has 8 aromatic carbocycles. The molecular formula is C51H33N3O. The second-order valence-electron chi connectivity index (χ2n) is 13.6. The van der Waals surface area contributed by atoms with Gasteiger partial charge >= 0.3 is 0 Å². The number of aromatic nitrogens is 3. The van der Waals surface area contributed by atoms with E-state index in [1.54, 1.807) is 0 Å². The zero-order valence-corrected chi connectivity index (χ0v) is 29.8. The first kappa shape index (κ1) is 32.2. The lowest BCUT2D eigenvalue weighted by atomic mass is 9.95. The SMILES string of the molecule is c1ccc(-c2ccc(-c3nc(-c4cccc(-c5ccccc5)c4)nc(-c4ccc5c(oc6c(-c7ccccc7)cccc65)c4-c4ccccc4)n3)cc2)cc1. The fourth-order valence-corrected chi connectivity index (χ4v) is 7.45. The molecule has 0 aliphatic rings. The van der Waals surface area contributed by atoms with Crippen molar-refractivity contribution < 1.29 is 4.42 Å². The monoisotopic (exact) mass is 703 g/mol. The highest BCUT2D eigenvalue weighted by atomic mass is 16.3. The van der Waals surface area contributed by atoms with Crippen molar-refractivity contribution in [2.45, 2.75) is 0 Å². The van der Waals surface area contributed by atoms with Crippen molar-refractivity contribution in [3.8, 4) is 78.7 Å². The van der Waals surface area contributed by atoms with Gasteiger partial charge in [-0.05, 0) is 51.6 Å². The van der Waals surface area contributed by atoms with Gasteiger partial charge in [0.1, 0.15) is 11.2 Å². The van der Waals surface area contributed by atoms with Crippen LogP contribution in [0.2, 0.25) is 0 Å². The quantitative estimate of drug-likeness (QED) is 0.166. The summed E-state index contributed by atoms with van der Waals surface area (Å²) in [7, 11) is 0. The molecule has 0 aliphatic heterocycles. The minimum atomic E-state index is 0.571. The normalized spacial score (nSPS) is 11.3. The Morgan fingerprint density at radius 2 is 0.745 bits per heavy atom. The van der Waals surface area contributed by atoms with E-state index in [4.69, 9.17) is 19.4 Å². The second-order valence-corrected chi connectivity index (χ2v) is 13.6. The number of furan rings is 1. The number of nitrogens with zero attached hydrogens (tertiary/aromatic N) is 3. The summed E-state index contributed by atoms with van der Waals surface area (Å²) in [5, 5.41) is 2.10. The van der Waals surface area contributed by atoms with E-state index in [1.165, 1.54) is 0 Å². The maximum absolute atomic E-state index is 6.96. The predicted molar refractivity (Wildman–Crippen MR) is 225 cm³/mol. The minimum absolute atomic E-state index is 0.571. The van der Waals surface area contributed by atoms with E-state index in [0.717, 1.165) is 83.1 Å². The highest BCUT2D eigenvalue weighted by molar-refractivity contribution is 6.15. The summed E-state index contributed by atoms with van der Waals surface area (Å²) in [6.45, 7) is 0. The molecular weight excluding hydrogens is 671 g/mol. The molecule has 55 heavy (non-hydrogen) atoms. The highest BCUT2D eigenvalue weighted by Crippen LogP contribution is 2.44. The van der Waals surface area contributed by atoms with Gasteiger partial charge in [-0.25, -0.2) is 15.0 Å². The van der Waals surface area contributed by atoms with Crippen LogP contribution in [0, 0.1) is 0 Å². The number of para-hydroxylation sites is 1. The van der Waals surface area contributed by atoms with Crippen LogP contribution in [-0.2, 0) is 0 Å². The van der Waals surface area contributed by atoms with Gasteiger partial charge in [-0.1, -0.05) is 182 Å². The molecule has 0 saturated heterocycles. The predicted octanol–water partition coefficient (Wildman–Crippen LogP) is 13.4. The molecule has 0 fully saturated rings. The molecule has 258 valence electrons. The van der Waals surface area contributed by atoms with Crippen LogP contribution in [0.3, 0.4) is 0 Å². The molecule has 0 bridgehead atoms. The van der Waals surface area contributed by atoms with Crippen molar-refractivity contribution >= 4 is 21.9 Å². The van der Waals surface area contributed by atoms with Crippen LogP contribution in [0.25, 0.3) is 101 Å². The molecule has 4 nitrogen and oxygen atoms in total. The maximum atomic E-state index is 6.96. The Labute approximate surface area is 319 Å². The van der Waals surface area contributed by atoms with Gasteiger partial charge in [0.05, 0.1) is 0 Å². The van der Waals surface area contributed by atoms with Crippen molar-refractivity contribution in [1.82, 2.24) is 15.0 Å². The number of fused-ring (bicyclic) bond motifs is 3. The van der Waals surface area contributed by atoms with E-state index in [1.807, 2.05) is 24.3 Å². The fraction of sp³-hybridized carbons (Fsp3) is 0. The van der Waals surface area contributed by atoms with Gasteiger partial charge in [0.15, 0.2) is 17.5 Å². The van der Waals surface area contributed by atoms with Crippen molar-refractivity contribution in [2.75, 3.05) is 0 Å². The van der Waals surface area contributed by atoms with Gasteiger partial charge in [0.2, 0.25) is 0 Å². The first-order valence-electron chi connectivity index (χ1n) is 18.4. The molecule has 0 N–H and O–H groups in total. The standard InChI is InChI=1S/C51H33N3O/c1-5-15-34(16-6-1)36-27-29-39(30-28-36)49-52-50(41-24-13-23-40(33-41)35-17-7-2-8-18-35)54-51(53-49)45-32-31-44-43-26-14-25-42(37-19-9-3-10-20-37)47(43)55-48(44)46(45)38-21-11-4-12-22-38/h1-33H. The molecule has 0 saturated carbocycles. The Bertz CT molecular complexity index is 2940. The summed E-state index contributed by atoms with van der Waals surface area (Å²) in [5.74, 6) is 1.77. The van der Waals surface area contributed by atoms with E-state index in [2.05, 4.69) is 176 Å². The Balaban J connectivity index is 1.20. The average molecular weight is 704 g/mol. The van der Waals surface area contributed by atoms with Crippen molar-refractivity contribution in [2.24, 2.45) is 0 Å². The summed E-state index contributed by atoms with van der Waals surface area (Å²) < 4.78 is 6.96. The lowest BCUT2D eigenvalue weighted by molar-refractivity contribution is 0.671. The van der Waals surface area contributed by atoms with Crippen molar-refractivity contribution in [3.05, 3.63) is 200 Å². The summed E-state index contributed by atoms with van der Waals surface area (Å²) in [4.78, 5) is 15.6. The van der Waals surface area contributed by atoms with E-state index in [0.29, 0.717) is 17.5 Å². The number of hydrogen-bond acceptors (Lipinski definition) is 4. The molecule has 0 spiro atoms. The third-order valence-corrected chi connectivity index (χ3v) is 10.2. The van der Waals surface area contributed by atoms with Crippen LogP contribution in [0.1, 0.15) is 0 Å². The minimum Gasteiger partial charge on any atom is -0.455 e. The van der Waals surface area contributed by atoms with E-state index in [-0.39, 0.29) is 0 Å². The first-order chi connectivity index (χ1) is 27.3. The third kappa shape index (κ3) is 6.06. The summed E-state index contributed by atoms with van der Waals surface area (Å²) in [5.41, 5.74) is 13.0. The Morgan fingerprint density at radius 1 is 0.273 bits per heavy atom. The average Bonchev–Trinajstić information content (AvgIpc) is 3.66. The zero-order chi connectivity index (χ0) is 36.6. The van der Waals surface area contributed by atoms with Gasteiger partial charge in [-0.2, -0.15) is 0 Å². The van der Waals surface area contributed by atoms with E-state index < -0.39 is 0 Å². The molecule has 0 radical (unpaired) electrons. The molecule has 2 aromatic heterocycles. The Hall–Kier alpha value is -7.43. The topological polar surface area (TPSA) is 51.8 Å². The van der Waals surface area contributed by atoms with Gasteiger partial charge in [-0.15, -0.1) is 0 Å². The Kier molecular flexibility index (Phi) is 8.12. The molecule has 10 aromatic rings. The molecule has 0 atom stereocenters. The van der Waals surface area contributed by atoms with Crippen LogP contribution >= 0.6 is 0 Å². The van der Waals surface area contributed by atoms with Gasteiger partial charge in [-0.3, -0.25) is 0 Å². The molecule has 0 unspecified atom stereocenters. The smallest absolute Gasteiger partial charge is 0.164 e. The van der Waals surface area contributed by atoms with Crippen LogP contribution in [0.15, 0.2) is 205 Å². The number of rotatable bonds is 7. The van der Waals surface area contributed by atoms with Gasteiger partial charge < -0.3 is 4.42 Å². The van der Waals surface area contributed by atoms with Crippen LogP contribution in [0.4, 0.5) is 0 Å². The van der Waals surface area contributed by atoms with Crippen LogP contribution in [-0.4, -0.2) is 15.0 Å². The van der Waals surface area contributed by atoms with E-state index >= 15 is 0 Å². The molecule has 0 amide bonds. The van der Waals surface area contributed by atoms with E-state index in [9.17, 15) is 0 Å². The van der Waals surface area contributed by atoms with Crippen LogP contribution in [0.5, 0.6) is 0 Å². The van der Waals surface area contributed by atoms with Gasteiger partial charge in [0.25, 0.3) is 0 Å². The van der Waals surface area contributed by atoms with Crippen molar-refractivity contribution in [3.63, 3.8) is 0 Å². The molecule has 4 heteroatoms. The summed E-state index contributed by atoms with van der Waals surface area (Å²) in [6.07, 6.45) is 0. The molecule has 2 heterocycles. The zero-order valence-electron chi connectivity index (χ0n) is 29.8. The summed E-state index contributed by atoms with van der Waals surface area (Å²) >= 11 is 0. The number of benzene rings is 8. The Morgan fingerprint density at radius 3 is 1.42 bits per heavy atom. The number of hydrogen-bond donors (Lipinski definition) is 0. The lowest BCUT2D eigenvalue weighted by Gasteiger charge is -2.13. The van der Waals surface area contributed by atoms with Crippen molar-refractivity contribution in [1.29, 1.82) is 0 Å². The molecule has 10 rings (SSSR count). The summed E-state index contributed by atoms with van der Waals surface area (Å²) in [6, 6.07) is 69.1. The van der Waals surface area contributed by atoms with Gasteiger partial charge in [0, 0.05) is 38.6 Å². The lowest BCUT2D eigenvalue weighted by Crippen LogP contribution is -2.01. The largest absolute Gasteiger partial charge is 0.455 e. The maximum Gasteiger partial charge on any atom is 0.164 e. The second kappa shape index (κ2) is 13.8. The highest BCUT2D eigenvalue weighted by Gasteiger charge is 2.22.